The van der Waals surface area contributed by atoms with Gasteiger partial charge in [-0.2, -0.15) is 5.26 Å². The third-order valence-corrected chi connectivity index (χ3v) is 9.97. The Kier molecular flexibility index (Phi) is 10.3. The van der Waals surface area contributed by atoms with Gasteiger partial charge in [-0.25, -0.2) is 0 Å². The zero-order chi connectivity index (χ0) is 32.6. The molecule has 0 radical (unpaired) electrons. The summed E-state index contributed by atoms with van der Waals surface area (Å²) in [5.74, 6) is -3.63. The fourth-order valence-electron chi connectivity index (χ4n) is 5.14. The number of thiophene rings is 1. The van der Waals surface area contributed by atoms with E-state index in [1.807, 2.05) is 48.5 Å². The Morgan fingerprint density at radius 3 is 2.20 bits per heavy atom. The van der Waals surface area contributed by atoms with Crippen molar-refractivity contribution in [2.24, 2.45) is 11.8 Å². The summed E-state index contributed by atoms with van der Waals surface area (Å²) in [7, 11) is 0. The number of anilines is 3. The van der Waals surface area contributed by atoms with E-state index in [4.69, 9.17) is 0 Å². The predicted molar refractivity (Wildman–Crippen MR) is 180 cm³/mol. The third-order valence-electron chi connectivity index (χ3n) is 7.52. The molecule has 3 unspecified atom stereocenters. The number of carbonyl (C=O) groups is 4. The lowest BCUT2D eigenvalue weighted by molar-refractivity contribution is -0.146. The highest BCUT2D eigenvalue weighted by Crippen LogP contribution is 2.39. The van der Waals surface area contributed by atoms with Gasteiger partial charge >= 0.3 is 5.97 Å². The molecular formula is C35H30N4O5S2. The van der Waals surface area contributed by atoms with Crippen LogP contribution >= 0.6 is 23.1 Å². The van der Waals surface area contributed by atoms with Crippen LogP contribution in [0.25, 0.3) is 0 Å². The molecule has 1 aliphatic carbocycles. The smallest absolute Gasteiger partial charge is 0.307 e. The van der Waals surface area contributed by atoms with Crippen molar-refractivity contribution < 1.29 is 24.3 Å². The van der Waals surface area contributed by atoms with Crippen LogP contribution in [0.3, 0.4) is 0 Å². The fourth-order valence-corrected chi connectivity index (χ4v) is 7.27. The van der Waals surface area contributed by atoms with Gasteiger partial charge < -0.3 is 21.1 Å². The monoisotopic (exact) mass is 650 g/mol. The van der Waals surface area contributed by atoms with Crippen molar-refractivity contribution in [3.63, 3.8) is 0 Å². The Morgan fingerprint density at radius 2 is 1.52 bits per heavy atom. The topological polar surface area (TPSA) is 148 Å². The number of allylic oxidation sites excluding steroid dienone is 2. The molecule has 4 aromatic rings. The number of rotatable bonds is 10. The van der Waals surface area contributed by atoms with E-state index >= 15 is 0 Å². The normalized spacial score (nSPS) is 16.1. The number of carboxylic acids is 1. The standard InChI is InChI=1S/C35H30N4O5S2/c1-21-28(20-36)34(46-29(21)32(41)37-23-13-6-3-7-14-23)39-33(42)30(22-11-4-2-5-12-22)45-25-16-10-15-24(19-25)38-31(40)26-17-8-9-18-27(26)35(43)44/h2-16,19,26-27,30H,17-18H2,1H3,(H,37,41)(H,38,40)(H,39,42)(H,43,44). The Morgan fingerprint density at radius 1 is 0.870 bits per heavy atom. The first kappa shape index (κ1) is 32.2. The first-order chi connectivity index (χ1) is 22.2. The molecule has 0 fully saturated rings. The first-order valence-corrected chi connectivity index (χ1v) is 16.2. The van der Waals surface area contributed by atoms with Crippen LogP contribution < -0.4 is 16.0 Å². The molecule has 0 aliphatic heterocycles. The van der Waals surface area contributed by atoms with Crippen LogP contribution in [0.2, 0.25) is 0 Å². The van der Waals surface area contributed by atoms with E-state index in [9.17, 15) is 29.5 Å². The summed E-state index contributed by atoms with van der Waals surface area (Å²) in [6.07, 6.45) is 4.25. The number of benzene rings is 3. The number of carboxylic acid groups (broad SMARTS) is 1. The molecular weight excluding hydrogens is 621 g/mol. The van der Waals surface area contributed by atoms with E-state index in [-0.39, 0.29) is 22.4 Å². The van der Waals surface area contributed by atoms with Crippen LogP contribution in [0.15, 0.2) is 102 Å². The highest BCUT2D eigenvalue weighted by molar-refractivity contribution is 8.00. The highest BCUT2D eigenvalue weighted by atomic mass is 32.2. The molecule has 232 valence electrons. The van der Waals surface area contributed by atoms with Gasteiger partial charge in [0, 0.05) is 16.3 Å². The van der Waals surface area contributed by atoms with Crippen LogP contribution in [0, 0.1) is 30.1 Å². The first-order valence-electron chi connectivity index (χ1n) is 14.5. The molecule has 0 bridgehead atoms. The lowest BCUT2D eigenvalue weighted by Gasteiger charge is -2.24. The summed E-state index contributed by atoms with van der Waals surface area (Å²) >= 11 is 2.30. The van der Waals surface area contributed by atoms with E-state index in [1.54, 1.807) is 55.5 Å². The maximum atomic E-state index is 13.9. The number of carbonyl (C=O) groups excluding carboxylic acids is 3. The third kappa shape index (κ3) is 7.54. The van der Waals surface area contributed by atoms with E-state index in [0.29, 0.717) is 45.1 Å². The van der Waals surface area contributed by atoms with Crippen molar-refractivity contribution >= 4 is 63.2 Å². The Labute approximate surface area is 274 Å². The number of thioether (sulfide) groups is 1. The molecule has 5 rings (SSSR count). The zero-order valence-corrected chi connectivity index (χ0v) is 26.4. The van der Waals surface area contributed by atoms with Gasteiger partial charge in [0.15, 0.2) is 0 Å². The Bertz CT molecular complexity index is 1830. The van der Waals surface area contributed by atoms with Gasteiger partial charge in [0.1, 0.15) is 16.3 Å². The lowest BCUT2D eigenvalue weighted by atomic mass is 9.82. The van der Waals surface area contributed by atoms with Gasteiger partial charge in [-0.05, 0) is 61.2 Å². The maximum Gasteiger partial charge on any atom is 0.307 e. The minimum atomic E-state index is -1.00. The van der Waals surface area contributed by atoms with Crippen LogP contribution in [0.4, 0.5) is 16.4 Å². The number of nitriles is 1. The number of para-hydroxylation sites is 1. The van der Waals surface area contributed by atoms with E-state index in [2.05, 4.69) is 22.0 Å². The second-order valence-electron chi connectivity index (χ2n) is 10.6. The van der Waals surface area contributed by atoms with Crippen molar-refractivity contribution in [3.8, 4) is 6.07 Å². The number of amides is 3. The molecule has 3 atom stereocenters. The highest BCUT2D eigenvalue weighted by Gasteiger charge is 2.34. The molecule has 0 saturated carbocycles. The second-order valence-corrected chi connectivity index (χ2v) is 12.8. The summed E-state index contributed by atoms with van der Waals surface area (Å²) in [5.41, 5.74) is 2.50. The lowest BCUT2D eigenvalue weighted by Crippen LogP contribution is -2.34. The van der Waals surface area contributed by atoms with Crippen molar-refractivity contribution in [1.29, 1.82) is 5.26 Å². The van der Waals surface area contributed by atoms with Crippen LogP contribution in [-0.4, -0.2) is 28.8 Å². The molecule has 1 aliphatic rings. The molecule has 3 aromatic carbocycles. The largest absolute Gasteiger partial charge is 0.481 e. The molecule has 1 heterocycles. The summed E-state index contributed by atoms with van der Waals surface area (Å²) in [6.45, 7) is 1.68. The average molecular weight is 651 g/mol. The Balaban J connectivity index is 1.36. The maximum absolute atomic E-state index is 13.9. The number of nitrogens with zero attached hydrogens (tertiary/aromatic N) is 1. The summed E-state index contributed by atoms with van der Waals surface area (Å²) in [6, 6.07) is 27.3. The summed E-state index contributed by atoms with van der Waals surface area (Å²) in [4.78, 5) is 52.7. The molecule has 0 saturated heterocycles. The minimum Gasteiger partial charge on any atom is -0.481 e. The summed E-state index contributed by atoms with van der Waals surface area (Å²) < 4.78 is 0. The number of hydrogen-bond acceptors (Lipinski definition) is 7. The number of hydrogen-bond donors (Lipinski definition) is 4. The van der Waals surface area contributed by atoms with Gasteiger partial charge in [0.25, 0.3) is 5.91 Å². The van der Waals surface area contributed by atoms with Gasteiger partial charge in [-0.1, -0.05) is 66.7 Å². The average Bonchev–Trinajstić information content (AvgIpc) is 3.38. The number of aliphatic carboxylic acids is 1. The molecule has 9 nitrogen and oxygen atoms in total. The molecule has 4 N–H and O–H groups in total. The molecule has 46 heavy (non-hydrogen) atoms. The quantitative estimate of drug-likeness (QED) is 0.104. The molecule has 11 heteroatoms. The van der Waals surface area contributed by atoms with Gasteiger partial charge in [0.2, 0.25) is 11.8 Å². The van der Waals surface area contributed by atoms with Gasteiger partial charge in [-0.15, -0.1) is 23.1 Å². The van der Waals surface area contributed by atoms with Gasteiger partial charge in [-0.3, -0.25) is 19.2 Å². The zero-order valence-electron chi connectivity index (χ0n) is 24.7. The van der Waals surface area contributed by atoms with Crippen LogP contribution in [-0.2, 0) is 14.4 Å². The number of nitrogens with one attached hydrogen (secondary N) is 3. The molecule has 0 spiro atoms. The SMILES string of the molecule is Cc1c(C(=O)Nc2ccccc2)sc(NC(=O)C(Sc2cccc(NC(=O)C3CC=CCC3C(=O)O)c2)c2ccccc2)c1C#N. The van der Waals surface area contributed by atoms with Crippen molar-refractivity contribution in [2.75, 3.05) is 16.0 Å². The second kappa shape index (κ2) is 14.7. The minimum absolute atomic E-state index is 0.218. The van der Waals surface area contributed by atoms with Crippen LogP contribution in [0.1, 0.15) is 44.5 Å². The van der Waals surface area contributed by atoms with E-state index in [0.717, 1.165) is 11.3 Å². The molecule has 3 amide bonds. The fraction of sp³-hybridized carbons (Fsp3) is 0.171. The van der Waals surface area contributed by atoms with E-state index < -0.39 is 29.0 Å². The summed E-state index contributed by atoms with van der Waals surface area (Å²) in [5, 5.41) is 27.6. The van der Waals surface area contributed by atoms with Crippen LogP contribution in [0.5, 0.6) is 0 Å². The molecule has 1 aromatic heterocycles. The Hall–Kier alpha value is -5.18. The van der Waals surface area contributed by atoms with Crippen molar-refractivity contribution in [3.05, 3.63) is 119 Å². The predicted octanol–water partition coefficient (Wildman–Crippen LogP) is 7.26. The van der Waals surface area contributed by atoms with Gasteiger partial charge in [0.05, 0.1) is 22.3 Å². The van der Waals surface area contributed by atoms with Crippen molar-refractivity contribution in [2.45, 2.75) is 29.9 Å². The van der Waals surface area contributed by atoms with Crippen molar-refractivity contribution in [1.82, 2.24) is 0 Å². The van der Waals surface area contributed by atoms with E-state index in [1.165, 1.54) is 11.8 Å².